The van der Waals surface area contributed by atoms with Crippen molar-refractivity contribution < 1.29 is 9.47 Å². The van der Waals surface area contributed by atoms with E-state index < -0.39 is 0 Å². The number of nitrogens with one attached hydrogen (secondary N) is 2. The lowest BCUT2D eigenvalue weighted by Gasteiger charge is -2.32. The first-order valence-electron chi connectivity index (χ1n) is 7.46. The molecule has 3 rings (SSSR count). The van der Waals surface area contributed by atoms with Crippen molar-refractivity contribution in [2.45, 2.75) is 38.3 Å². The van der Waals surface area contributed by atoms with Crippen LogP contribution < -0.4 is 20.3 Å². The fourth-order valence-electron chi connectivity index (χ4n) is 3.75. The van der Waals surface area contributed by atoms with E-state index in [1.165, 1.54) is 19.3 Å². The number of fused-ring (bicyclic) bond motifs is 1. The average Bonchev–Trinajstić information content (AvgIpc) is 2.88. The molecule has 0 amide bonds. The van der Waals surface area contributed by atoms with Crippen LogP contribution in [0.15, 0.2) is 18.2 Å². The number of hydrogen-bond donors (Lipinski definition) is 2. The highest BCUT2D eigenvalue weighted by Crippen LogP contribution is 2.45. The maximum Gasteiger partial charge on any atom is 0.127 e. The highest BCUT2D eigenvalue weighted by atomic mass is 16.5. The molecule has 4 atom stereocenters. The van der Waals surface area contributed by atoms with E-state index in [0.29, 0.717) is 12.0 Å². The second-order valence-corrected chi connectivity index (χ2v) is 6.03. The van der Waals surface area contributed by atoms with Gasteiger partial charge in [-0.2, -0.15) is 0 Å². The fraction of sp³-hybridized carbons (Fsp3) is 0.625. The monoisotopic (exact) mass is 276 g/mol. The molecule has 2 fully saturated rings. The summed E-state index contributed by atoms with van der Waals surface area (Å²) in [5.74, 6) is 3.20. The van der Waals surface area contributed by atoms with Crippen LogP contribution in [0.2, 0.25) is 0 Å². The van der Waals surface area contributed by atoms with Crippen molar-refractivity contribution in [1.29, 1.82) is 0 Å². The van der Waals surface area contributed by atoms with E-state index in [1.54, 1.807) is 14.2 Å². The summed E-state index contributed by atoms with van der Waals surface area (Å²) >= 11 is 0. The van der Waals surface area contributed by atoms with Crippen LogP contribution >= 0.6 is 0 Å². The summed E-state index contributed by atoms with van der Waals surface area (Å²) in [5, 5.41) is 0. The minimum absolute atomic E-state index is 0.258. The van der Waals surface area contributed by atoms with Crippen LogP contribution in [0.1, 0.15) is 37.8 Å². The Morgan fingerprint density at radius 3 is 2.40 bits per heavy atom. The van der Waals surface area contributed by atoms with E-state index in [1.807, 2.05) is 18.2 Å². The third-order valence-corrected chi connectivity index (χ3v) is 4.79. The predicted octanol–water partition coefficient (Wildman–Crippen LogP) is 2.66. The van der Waals surface area contributed by atoms with Crippen molar-refractivity contribution >= 4 is 0 Å². The van der Waals surface area contributed by atoms with Gasteiger partial charge in [-0.25, -0.2) is 5.43 Å². The van der Waals surface area contributed by atoms with Crippen molar-refractivity contribution in [1.82, 2.24) is 10.9 Å². The van der Waals surface area contributed by atoms with E-state index in [0.717, 1.165) is 23.0 Å². The summed E-state index contributed by atoms with van der Waals surface area (Å²) < 4.78 is 11.1. The van der Waals surface area contributed by atoms with Gasteiger partial charge < -0.3 is 9.47 Å². The second kappa shape index (κ2) is 5.62. The fourth-order valence-corrected chi connectivity index (χ4v) is 3.75. The summed E-state index contributed by atoms with van der Waals surface area (Å²) in [6, 6.07) is 6.82. The lowest BCUT2D eigenvalue weighted by molar-refractivity contribution is 0.241. The first kappa shape index (κ1) is 13.7. The summed E-state index contributed by atoms with van der Waals surface area (Å²) in [6.07, 6.45) is 3.80. The van der Waals surface area contributed by atoms with Gasteiger partial charge in [-0.15, -0.1) is 0 Å². The van der Waals surface area contributed by atoms with Crippen LogP contribution in [0.4, 0.5) is 0 Å². The Labute approximate surface area is 120 Å². The Balaban J connectivity index is 1.96. The van der Waals surface area contributed by atoms with Crippen LogP contribution in [-0.4, -0.2) is 20.3 Å². The van der Waals surface area contributed by atoms with Gasteiger partial charge >= 0.3 is 0 Å². The lowest BCUT2D eigenvalue weighted by atomic mass is 9.75. The Kier molecular flexibility index (Phi) is 3.85. The van der Waals surface area contributed by atoms with Crippen LogP contribution in [-0.2, 0) is 0 Å². The molecule has 0 bridgehead atoms. The van der Waals surface area contributed by atoms with Crippen molar-refractivity contribution in [3.05, 3.63) is 23.8 Å². The topological polar surface area (TPSA) is 42.5 Å². The van der Waals surface area contributed by atoms with Gasteiger partial charge in [-0.3, -0.25) is 5.43 Å². The van der Waals surface area contributed by atoms with Gasteiger partial charge in [0, 0.05) is 6.04 Å². The maximum atomic E-state index is 5.56. The molecule has 20 heavy (non-hydrogen) atoms. The average molecular weight is 276 g/mol. The summed E-state index contributed by atoms with van der Waals surface area (Å²) in [6.45, 7) is 2.35. The Morgan fingerprint density at radius 1 is 1.05 bits per heavy atom. The zero-order chi connectivity index (χ0) is 14.1. The minimum Gasteiger partial charge on any atom is -0.496 e. The molecule has 0 spiro atoms. The number of ether oxygens (including phenoxy) is 2. The molecule has 1 aromatic rings. The van der Waals surface area contributed by atoms with Gasteiger partial charge in [-0.05, 0) is 43.2 Å². The number of hydrogen-bond acceptors (Lipinski definition) is 4. The molecular formula is C16H24N2O2. The first-order chi connectivity index (χ1) is 9.74. The van der Waals surface area contributed by atoms with Crippen LogP contribution in [0.5, 0.6) is 11.5 Å². The van der Waals surface area contributed by atoms with E-state index in [-0.39, 0.29) is 6.04 Å². The summed E-state index contributed by atoms with van der Waals surface area (Å²) in [7, 11) is 3.45. The van der Waals surface area contributed by atoms with Crippen LogP contribution in [0.3, 0.4) is 0 Å². The smallest absolute Gasteiger partial charge is 0.127 e. The molecule has 2 N–H and O–H groups in total. The molecule has 1 saturated carbocycles. The molecule has 0 radical (unpaired) electrons. The van der Waals surface area contributed by atoms with Gasteiger partial charge in [0.25, 0.3) is 0 Å². The molecule has 1 aliphatic carbocycles. The molecule has 4 nitrogen and oxygen atoms in total. The second-order valence-electron chi connectivity index (χ2n) is 6.03. The van der Waals surface area contributed by atoms with Gasteiger partial charge in [0.15, 0.2) is 0 Å². The molecule has 1 aromatic carbocycles. The van der Waals surface area contributed by atoms with Gasteiger partial charge in [0.1, 0.15) is 11.5 Å². The van der Waals surface area contributed by atoms with Crippen LogP contribution in [0.25, 0.3) is 0 Å². The Morgan fingerprint density at radius 2 is 1.75 bits per heavy atom. The van der Waals surface area contributed by atoms with Crippen LogP contribution in [0, 0.1) is 11.8 Å². The Hall–Kier alpha value is -1.26. The molecular weight excluding hydrogens is 252 g/mol. The van der Waals surface area contributed by atoms with E-state index >= 15 is 0 Å². The SMILES string of the molecule is COc1cccc(OC)c1C1NNC2CCC(C)CC21. The van der Waals surface area contributed by atoms with E-state index in [2.05, 4.69) is 17.8 Å². The van der Waals surface area contributed by atoms with Crippen molar-refractivity contribution in [3.63, 3.8) is 0 Å². The van der Waals surface area contributed by atoms with E-state index in [9.17, 15) is 0 Å². The first-order valence-corrected chi connectivity index (χ1v) is 7.46. The number of methoxy groups -OCH3 is 2. The van der Waals surface area contributed by atoms with Crippen molar-refractivity contribution in [2.24, 2.45) is 11.8 Å². The largest absolute Gasteiger partial charge is 0.496 e. The van der Waals surface area contributed by atoms with Gasteiger partial charge in [-0.1, -0.05) is 13.0 Å². The zero-order valence-electron chi connectivity index (χ0n) is 12.5. The molecule has 1 heterocycles. The normalized spacial score (nSPS) is 32.8. The molecule has 2 aliphatic rings. The molecule has 4 unspecified atom stereocenters. The molecule has 1 saturated heterocycles. The van der Waals surface area contributed by atoms with Gasteiger partial charge in [0.05, 0.1) is 25.8 Å². The highest BCUT2D eigenvalue weighted by Gasteiger charge is 2.42. The maximum absolute atomic E-state index is 5.56. The summed E-state index contributed by atoms with van der Waals surface area (Å²) in [5.41, 5.74) is 8.09. The lowest BCUT2D eigenvalue weighted by Crippen LogP contribution is -2.34. The predicted molar refractivity (Wildman–Crippen MR) is 78.9 cm³/mol. The number of benzene rings is 1. The third-order valence-electron chi connectivity index (χ3n) is 4.79. The van der Waals surface area contributed by atoms with Crippen molar-refractivity contribution in [3.8, 4) is 11.5 Å². The molecule has 0 aromatic heterocycles. The number of rotatable bonds is 3. The molecule has 4 heteroatoms. The minimum atomic E-state index is 0.258. The van der Waals surface area contributed by atoms with Gasteiger partial charge in [0.2, 0.25) is 0 Å². The quantitative estimate of drug-likeness (QED) is 0.890. The zero-order valence-corrected chi connectivity index (χ0v) is 12.5. The molecule has 1 aliphatic heterocycles. The standard InChI is InChI=1S/C16H24N2O2/c1-10-7-8-12-11(9-10)16(18-17-12)15-13(19-2)5-4-6-14(15)20-3/h4-6,10-12,16-18H,7-9H2,1-3H3. The molecule has 110 valence electrons. The third kappa shape index (κ3) is 2.27. The highest BCUT2D eigenvalue weighted by molar-refractivity contribution is 5.47. The Bertz CT molecular complexity index is 455. The van der Waals surface area contributed by atoms with E-state index in [4.69, 9.17) is 9.47 Å². The number of hydrazine groups is 1. The van der Waals surface area contributed by atoms with Crippen molar-refractivity contribution in [2.75, 3.05) is 14.2 Å². The summed E-state index contributed by atoms with van der Waals surface area (Å²) in [4.78, 5) is 0.